The first-order chi connectivity index (χ1) is 8.95. The molecule has 1 aromatic heterocycles. The van der Waals surface area contributed by atoms with E-state index in [4.69, 9.17) is 0 Å². The normalized spacial score (nSPS) is 17.1. The number of carbonyl (C=O) groups is 1. The summed E-state index contributed by atoms with van der Waals surface area (Å²) in [5, 5.41) is 3.97. The van der Waals surface area contributed by atoms with Crippen molar-refractivity contribution < 1.29 is 17.9 Å². The van der Waals surface area contributed by atoms with Gasteiger partial charge in [-0.2, -0.15) is 5.10 Å². The van der Waals surface area contributed by atoms with Crippen LogP contribution in [0.2, 0.25) is 0 Å². The molecule has 0 N–H and O–H groups in total. The van der Waals surface area contributed by atoms with Gasteiger partial charge in [0.15, 0.2) is 9.84 Å². The Kier molecular flexibility index (Phi) is 3.93. The second kappa shape index (κ2) is 5.32. The fourth-order valence-corrected chi connectivity index (χ4v) is 4.06. The summed E-state index contributed by atoms with van der Waals surface area (Å²) in [5.41, 5.74) is -0.379. The number of rotatable bonds is 7. The molecule has 0 aliphatic heterocycles. The highest BCUT2D eigenvalue weighted by molar-refractivity contribution is 7.91. The Morgan fingerprint density at radius 1 is 1.47 bits per heavy atom. The number of nitrogens with zero attached hydrogens (tertiary/aromatic N) is 2. The van der Waals surface area contributed by atoms with Gasteiger partial charge in [0.2, 0.25) is 0 Å². The summed E-state index contributed by atoms with van der Waals surface area (Å²) >= 11 is 0. The molecule has 19 heavy (non-hydrogen) atoms. The highest BCUT2D eigenvalue weighted by Gasteiger charge is 2.47. The number of sulfone groups is 1. The summed E-state index contributed by atoms with van der Waals surface area (Å²) in [6.07, 6.45) is 5.11. The van der Waals surface area contributed by atoms with E-state index in [1.54, 1.807) is 23.1 Å². The zero-order valence-electron chi connectivity index (χ0n) is 10.9. The van der Waals surface area contributed by atoms with Gasteiger partial charge in [-0.3, -0.25) is 9.48 Å². The van der Waals surface area contributed by atoms with E-state index in [1.807, 2.05) is 0 Å². The number of carbonyl (C=O) groups excluding carboxylic acids is 1. The first kappa shape index (κ1) is 14.0. The van der Waals surface area contributed by atoms with Crippen molar-refractivity contribution in [3.8, 4) is 0 Å². The lowest BCUT2D eigenvalue weighted by Gasteiger charge is -2.13. The van der Waals surface area contributed by atoms with Gasteiger partial charge in [0.05, 0.1) is 31.6 Å². The fourth-order valence-electron chi connectivity index (χ4n) is 2.13. The van der Waals surface area contributed by atoms with E-state index in [0.29, 0.717) is 6.54 Å². The average molecular weight is 286 g/mol. The van der Waals surface area contributed by atoms with Gasteiger partial charge < -0.3 is 4.74 Å². The number of hydrogen-bond donors (Lipinski definition) is 0. The van der Waals surface area contributed by atoms with E-state index in [1.165, 1.54) is 7.11 Å². The summed E-state index contributed by atoms with van der Waals surface area (Å²) in [7, 11) is -1.85. The molecule has 1 fully saturated rings. The second-order valence-corrected chi connectivity index (χ2v) is 7.30. The highest BCUT2D eigenvalue weighted by atomic mass is 32.2. The zero-order valence-corrected chi connectivity index (χ0v) is 11.7. The maximum absolute atomic E-state index is 12.1. The van der Waals surface area contributed by atoms with Gasteiger partial charge >= 0.3 is 5.97 Å². The molecule has 1 heterocycles. The molecule has 2 rings (SSSR count). The summed E-state index contributed by atoms with van der Waals surface area (Å²) in [6, 6.07) is 1.76. The summed E-state index contributed by atoms with van der Waals surface area (Å²) in [4.78, 5) is 11.3. The van der Waals surface area contributed by atoms with Crippen LogP contribution in [0.25, 0.3) is 0 Å². The van der Waals surface area contributed by atoms with Crippen molar-refractivity contribution in [2.45, 2.75) is 25.8 Å². The summed E-state index contributed by atoms with van der Waals surface area (Å²) < 4.78 is 30.3. The standard InChI is InChI=1S/C12H18N2O4S/c1-18-11(15)9-12(3-4-12)10-19(16,17)8-7-14-6-2-5-13-14/h2,5-6H,3-4,7-10H2,1H3. The van der Waals surface area contributed by atoms with E-state index in [9.17, 15) is 13.2 Å². The van der Waals surface area contributed by atoms with Gasteiger partial charge in [-0.25, -0.2) is 8.42 Å². The van der Waals surface area contributed by atoms with Gasteiger partial charge in [-0.1, -0.05) is 0 Å². The minimum absolute atomic E-state index is 0.0532. The van der Waals surface area contributed by atoms with Crippen LogP contribution in [-0.4, -0.2) is 42.8 Å². The molecule has 6 nitrogen and oxygen atoms in total. The van der Waals surface area contributed by atoms with E-state index in [-0.39, 0.29) is 29.3 Å². The number of esters is 1. The number of aromatic nitrogens is 2. The predicted molar refractivity (Wildman–Crippen MR) is 69.2 cm³/mol. The van der Waals surface area contributed by atoms with Crippen LogP contribution >= 0.6 is 0 Å². The smallest absolute Gasteiger partial charge is 0.306 e. The lowest BCUT2D eigenvalue weighted by molar-refractivity contribution is -0.141. The molecule has 0 amide bonds. The first-order valence-corrected chi connectivity index (χ1v) is 8.02. The molecule has 0 aromatic carbocycles. The van der Waals surface area contributed by atoms with E-state index >= 15 is 0 Å². The largest absolute Gasteiger partial charge is 0.469 e. The fraction of sp³-hybridized carbons (Fsp3) is 0.667. The molecule has 1 aliphatic rings. The summed E-state index contributed by atoms with van der Waals surface area (Å²) in [5.74, 6) is -0.215. The number of aryl methyl sites for hydroxylation is 1. The van der Waals surface area contributed by atoms with Gasteiger partial charge in [0.25, 0.3) is 0 Å². The lowest BCUT2D eigenvalue weighted by atomic mass is 10.1. The molecule has 1 aliphatic carbocycles. The Labute approximate surface area is 112 Å². The number of ether oxygens (including phenoxy) is 1. The molecule has 0 atom stereocenters. The number of hydrogen-bond acceptors (Lipinski definition) is 5. The van der Waals surface area contributed by atoms with Crippen molar-refractivity contribution in [1.29, 1.82) is 0 Å². The molecule has 106 valence electrons. The quantitative estimate of drug-likeness (QED) is 0.687. The van der Waals surface area contributed by atoms with Gasteiger partial charge in [-0.15, -0.1) is 0 Å². The molecule has 0 spiro atoms. The Morgan fingerprint density at radius 2 is 2.21 bits per heavy atom. The Bertz CT molecular complexity index is 532. The van der Waals surface area contributed by atoms with Crippen LogP contribution in [0.1, 0.15) is 19.3 Å². The monoisotopic (exact) mass is 286 g/mol. The van der Waals surface area contributed by atoms with Crippen LogP contribution in [0.15, 0.2) is 18.5 Å². The Morgan fingerprint density at radius 3 is 2.74 bits per heavy atom. The van der Waals surface area contributed by atoms with Gasteiger partial charge in [0, 0.05) is 12.4 Å². The SMILES string of the molecule is COC(=O)CC1(CS(=O)(=O)CCn2cccn2)CC1. The maximum Gasteiger partial charge on any atom is 0.306 e. The third-order valence-corrected chi connectivity index (χ3v) is 5.28. The van der Waals surface area contributed by atoms with Crippen molar-refractivity contribution in [1.82, 2.24) is 9.78 Å². The Hall–Kier alpha value is -1.37. The van der Waals surface area contributed by atoms with Crippen LogP contribution in [0.3, 0.4) is 0 Å². The summed E-state index contributed by atoms with van der Waals surface area (Å²) in [6.45, 7) is 0.351. The van der Waals surface area contributed by atoms with Crippen LogP contribution in [0, 0.1) is 5.41 Å². The van der Waals surface area contributed by atoms with Crippen molar-refractivity contribution >= 4 is 15.8 Å². The first-order valence-electron chi connectivity index (χ1n) is 6.19. The molecule has 0 bridgehead atoms. The van der Waals surface area contributed by atoms with Crippen LogP contribution in [0.5, 0.6) is 0 Å². The third-order valence-electron chi connectivity index (χ3n) is 3.42. The van der Waals surface area contributed by atoms with E-state index in [0.717, 1.165) is 12.8 Å². The molecular weight excluding hydrogens is 268 g/mol. The third kappa shape index (κ3) is 4.05. The average Bonchev–Trinajstić information content (AvgIpc) is 2.90. The molecule has 7 heteroatoms. The topological polar surface area (TPSA) is 78.3 Å². The Balaban J connectivity index is 1.88. The lowest BCUT2D eigenvalue weighted by Crippen LogP contribution is -2.25. The van der Waals surface area contributed by atoms with Gasteiger partial charge in [-0.05, 0) is 24.3 Å². The second-order valence-electron chi connectivity index (χ2n) is 5.11. The molecule has 1 aromatic rings. The van der Waals surface area contributed by atoms with Crippen molar-refractivity contribution in [2.24, 2.45) is 5.41 Å². The van der Waals surface area contributed by atoms with Crippen LogP contribution in [0.4, 0.5) is 0 Å². The number of methoxy groups -OCH3 is 1. The molecule has 0 unspecified atom stereocenters. The maximum atomic E-state index is 12.1. The molecule has 0 saturated heterocycles. The van der Waals surface area contributed by atoms with E-state index < -0.39 is 9.84 Å². The predicted octanol–water partition coefficient (Wildman–Crippen LogP) is 0.641. The van der Waals surface area contributed by atoms with Crippen molar-refractivity contribution in [3.63, 3.8) is 0 Å². The highest BCUT2D eigenvalue weighted by Crippen LogP contribution is 2.50. The van der Waals surface area contributed by atoms with E-state index in [2.05, 4.69) is 9.84 Å². The van der Waals surface area contributed by atoms with Crippen molar-refractivity contribution in [2.75, 3.05) is 18.6 Å². The minimum Gasteiger partial charge on any atom is -0.469 e. The minimum atomic E-state index is -3.18. The van der Waals surface area contributed by atoms with Crippen molar-refractivity contribution in [3.05, 3.63) is 18.5 Å². The molecular formula is C12H18N2O4S. The molecule has 0 radical (unpaired) electrons. The van der Waals surface area contributed by atoms with Crippen LogP contribution < -0.4 is 0 Å². The zero-order chi connectivity index (χ0) is 13.9. The molecule has 1 saturated carbocycles. The van der Waals surface area contributed by atoms with Gasteiger partial charge in [0.1, 0.15) is 0 Å². The van der Waals surface area contributed by atoms with Crippen LogP contribution in [-0.2, 0) is 25.9 Å².